The summed E-state index contributed by atoms with van der Waals surface area (Å²) in [5.41, 5.74) is 3.57. The van der Waals surface area contributed by atoms with Crippen LogP contribution in [0.15, 0.2) is 59.7 Å². The summed E-state index contributed by atoms with van der Waals surface area (Å²) in [6, 6.07) is 9.94. The van der Waals surface area contributed by atoms with Gasteiger partial charge >= 0.3 is 5.97 Å². The average Bonchev–Trinajstić information content (AvgIpc) is 3.11. The van der Waals surface area contributed by atoms with Gasteiger partial charge in [-0.1, -0.05) is 6.07 Å². The molecule has 0 radical (unpaired) electrons. The minimum Gasteiger partial charge on any atom is -0.464 e. The van der Waals surface area contributed by atoms with Gasteiger partial charge in [-0.15, -0.1) is 0 Å². The van der Waals surface area contributed by atoms with E-state index in [4.69, 9.17) is 4.74 Å². The predicted octanol–water partition coefficient (Wildman–Crippen LogP) is 3.97. The number of aromatic amines is 1. The fourth-order valence-corrected chi connectivity index (χ4v) is 5.70. The zero-order chi connectivity index (χ0) is 25.8. The molecular formula is C26H24FN3O5S. The Hall–Kier alpha value is -3.92. The van der Waals surface area contributed by atoms with Crippen LogP contribution in [0.5, 0.6) is 0 Å². The van der Waals surface area contributed by atoms with Crippen LogP contribution in [-0.4, -0.2) is 36.8 Å². The van der Waals surface area contributed by atoms with Crippen molar-refractivity contribution in [2.75, 3.05) is 17.8 Å². The van der Waals surface area contributed by atoms with Gasteiger partial charge in [0.2, 0.25) is 0 Å². The van der Waals surface area contributed by atoms with Gasteiger partial charge in [-0.25, -0.2) is 17.6 Å². The molecule has 1 aliphatic heterocycles. The Morgan fingerprint density at radius 3 is 2.53 bits per heavy atom. The lowest BCUT2D eigenvalue weighted by Gasteiger charge is -2.32. The van der Waals surface area contributed by atoms with E-state index in [0.717, 1.165) is 6.26 Å². The van der Waals surface area contributed by atoms with E-state index in [9.17, 15) is 22.4 Å². The first-order chi connectivity index (χ1) is 17.1. The molecule has 3 heterocycles. The van der Waals surface area contributed by atoms with E-state index in [1.54, 1.807) is 60.0 Å². The minimum atomic E-state index is -3.32. The summed E-state index contributed by atoms with van der Waals surface area (Å²) in [4.78, 5) is 30.8. The van der Waals surface area contributed by atoms with Gasteiger partial charge in [0.25, 0.3) is 5.56 Å². The normalized spacial score (nSPS) is 15.0. The van der Waals surface area contributed by atoms with Gasteiger partial charge in [-0.2, -0.15) is 0 Å². The van der Waals surface area contributed by atoms with Gasteiger partial charge < -0.3 is 19.2 Å². The van der Waals surface area contributed by atoms with E-state index < -0.39 is 27.7 Å². The second-order valence-electron chi connectivity index (χ2n) is 8.87. The molecule has 10 heteroatoms. The molecule has 1 aliphatic rings. The lowest BCUT2D eigenvalue weighted by atomic mass is 9.99. The van der Waals surface area contributed by atoms with Crippen LogP contribution in [0.25, 0.3) is 22.0 Å². The number of esters is 1. The van der Waals surface area contributed by atoms with Crippen LogP contribution < -0.4 is 10.5 Å². The topological polar surface area (TPSA) is 101 Å². The maximum Gasteiger partial charge on any atom is 0.333 e. The van der Waals surface area contributed by atoms with Crippen molar-refractivity contribution in [3.8, 4) is 11.1 Å². The highest BCUT2D eigenvalue weighted by Crippen LogP contribution is 2.49. The summed E-state index contributed by atoms with van der Waals surface area (Å²) in [7, 11) is -1.58. The molecule has 0 aliphatic carbocycles. The number of sulfone groups is 1. The van der Waals surface area contributed by atoms with Crippen molar-refractivity contribution in [1.82, 2.24) is 9.55 Å². The Kier molecular flexibility index (Phi) is 5.71. The monoisotopic (exact) mass is 509 g/mol. The number of halogens is 1. The largest absolute Gasteiger partial charge is 0.464 e. The van der Waals surface area contributed by atoms with E-state index in [1.165, 1.54) is 18.3 Å². The number of pyridine rings is 1. The average molecular weight is 510 g/mol. The Bertz CT molecular complexity index is 1670. The molecule has 2 aromatic heterocycles. The zero-order valence-corrected chi connectivity index (χ0v) is 20.7. The molecular weight excluding hydrogens is 485 g/mol. The molecule has 0 saturated carbocycles. The molecule has 8 nitrogen and oxygen atoms in total. The minimum absolute atomic E-state index is 0.140. The molecule has 4 aromatic rings. The zero-order valence-electron chi connectivity index (χ0n) is 19.9. The highest BCUT2D eigenvalue weighted by Gasteiger charge is 2.38. The number of hydrogen-bond acceptors (Lipinski definition) is 6. The Morgan fingerprint density at radius 2 is 1.86 bits per heavy atom. The van der Waals surface area contributed by atoms with E-state index in [-0.39, 0.29) is 17.9 Å². The molecule has 36 heavy (non-hydrogen) atoms. The lowest BCUT2D eigenvalue weighted by molar-refractivity contribution is -0.144. The predicted molar refractivity (Wildman–Crippen MR) is 135 cm³/mol. The number of nitrogens with zero attached hydrogens (tertiary/aromatic N) is 2. The maximum atomic E-state index is 13.8. The molecule has 1 atom stereocenters. The maximum absolute atomic E-state index is 13.8. The van der Waals surface area contributed by atoms with Gasteiger partial charge in [0.05, 0.1) is 18.0 Å². The molecule has 1 N–H and O–H groups in total. The number of H-pyrrole nitrogens is 1. The fraction of sp³-hybridized carbons (Fsp3) is 0.231. The van der Waals surface area contributed by atoms with Gasteiger partial charge in [-0.05, 0) is 48.9 Å². The Balaban J connectivity index is 1.91. The number of ether oxygens (including phenoxy) is 1. The molecule has 186 valence electrons. The van der Waals surface area contributed by atoms with Crippen molar-refractivity contribution in [1.29, 1.82) is 0 Å². The lowest BCUT2D eigenvalue weighted by Crippen LogP contribution is -2.32. The van der Waals surface area contributed by atoms with Gasteiger partial charge in [0.1, 0.15) is 11.3 Å². The summed E-state index contributed by atoms with van der Waals surface area (Å²) in [6.07, 6.45) is 4.47. The summed E-state index contributed by atoms with van der Waals surface area (Å²) in [6.45, 7) is 1.85. The number of hydrogen-bond donors (Lipinski definition) is 1. The van der Waals surface area contributed by atoms with Crippen LogP contribution in [0.3, 0.4) is 0 Å². The van der Waals surface area contributed by atoms with Crippen LogP contribution >= 0.6 is 0 Å². The summed E-state index contributed by atoms with van der Waals surface area (Å²) in [5, 5.41) is 0.571. The number of carbonyl (C=O) groups is 1. The van der Waals surface area contributed by atoms with Crippen molar-refractivity contribution in [2.45, 2.75) is 18.7 Å². The van der Waals surface area contributed by atoms with Crippen LogP contribution in [0.2, 0.25) is 0 Å². The van der Waals surface area contributed by atoms with Crippen LogP contribution in [0.4, 0.5) is 15.8 Å². The second-order valence-corrected chi connectivity index (χ2v) is 11.0. The molecule has 0 saturated heterocycles. The first-order valence-corrected chi connectivity index (χ1v) is 13.4. The molecule has 2 aromatic carbocycles. The van der Waals surface area contributed by atoms with E-state index in [2.05, 4.69) is 4.98 Å². The fourth-order valence-electron chi connectivity index (χ4n) is 4.92. The number of aromatic nitrogens is 2. The summed E-state index contributed by atoms with van der Waals surface area (Å²) < 4.78 is 45.1. The number of benzene rings is 2. The first kappa shape index (κ1) is 23.8. The van der Waals surface area contributed by atoms with Crippen molar-refractivity contribution in [3.63, 3.8) is 0 Å². The highest BCUT2D eigenvalue weighted by atomic mass is 32.2. The van der Waals surface area contributed by atoms with Crippen LogP contribution in [0, 0.1) is 5.82 Å². The Morgan fingerprint density at radius 1 is 1.14 bits per heavy atom. The van der Waals surface area contributed by atoms with Crippen molar-refractivity contribution < 1.29 is 22.3 Å². The molecule has 0 fully saturated rings. The van der Waals surface area contributed by atoms with Crippen molar-refractivity contribution in [3.05, 3.63) is 82.2 Å². The van der Waals surface area contributed by atoms with Gasteiger partial charge in [0.15, 0.2) is 15.9 Å². The third-order valence-corrected chi connectivity index (χ3v) is 7.11. The Labute approximate surface area is 206 Å². The summed E-state index contributed by atoms with van der Waals surface area (Å²) >= 11 is 0. The SMILES string of the molecule is CCOC(=O)C1c2c[nH]c(=O)c3c2c(cn3C)-c2cc(CS(C)(=O)=O)ccc2N1c1ccc(F)cc1. The van der Waals surface area contributed by atoms with Crippen LogP contribution in [-0.2, 0) is 32.2 Å². The molecule has 0 spiro atoms. The highest BCUT2D eigenvalue weighted by molar-refractivity contribution is 7.89. The molecule has 5 rings (SSSR count). The second kappa shape index (κ2) is 8.63. The number of aryl methyl sites for hydroxylation is 1. The van der Waals surface area contributed by atoms with Crippen LogP contribution in [0.1, 0.15) is 24.1 Å². The molecule has 0 amide bonds. The van der Waals surface area contributed by atoms with Crippen molar-refractivity contribution >= 4 is 38.1 Å². The smallest absolute Gasteiger partial charge is 0.333 e. The van der Waals surface area contributed by atoms with E-state index in [1.807, 2.05) is 0 Å². The van der Waals surface area contributed by atoms with E-state index >= 15 is 0 Å². The number of rotatable bonds is 5. The third kappa shape index (κ3) is 3.97. The third-order valence-electron chi connectivity index (χ3n) is 6.25. The number of carbonyl (C=O) groups excluding carboxylic acids is 1. The number of anilines is 2. The quantitative estimate of drug-likeness (QED) is 0.409. The van der Waals surface area contributed by atoms with Gasteiger partial charge in [0, 0.05) is 53.5 Å². The first-order valence-electron chi connectivity index (χ1n) is 11.3. The molecule has 1 unspecified atom stereocenters. The van der Waals surface area contributed by atoms with Gasteiger partial charge in [-0.3, -0.25) is 4.79 Å². The van der Waals surface area contributed by atoms with Crippen molar-refractivity contribution in [2.24, 2.45) is 7.05 Å². The van der Waals surface area contributed by atoms with E-state index in [0.29, 0.717) is 44.5 Å². The number of nitrogens with one attached hydrogen (secondary N) is 1. The number of fused-ring (bicyclic) bond motifs is 2. The summed E-state index contributed by atoms with van der Waals surface area (Å²) in [5.74, 6) is -1.14. The molecule has 0 bridgehead atoms. The standard InChI is InChI=1S/C26H24FN3O5S/c1-4-35-26(32)23-19-12-28-25(31)24-22(19)20(13-29(24)2)18-11-15(14-36(3,33)34)5-10-21(18)30(23)17-8-6-16(27)7-9-17/h5-13,23H,4,14H2,1-3H3,(H,28,31).